The fourth-order valence-corrected chi connectivity index (χ4v) is 1.32. The molecule has 50 valence electrons. The monoisotopic (exact) mass is 132 g/mol. The van der Waals surface area contributed by atoms with Gasteiger partial charge in [-0.15, -0.1) is 6.42 Å². The normalized spacial score (nSPS) is 14.7. The first-order valence-electron chi connectivity index (χ1n) is 3.43. The number of aryl methyl sites for hydroxylation is 2. The van der Waals surface area contributed by atoms with E-state index in [9.17, 15) is 0 Å². The molecule has 0 unspecified atom stereocenters. The van der Waals surface area contributed by atoms with E-state index in [1.807, 2.05) is 6.20 Å². The zero-order chi connectivity index (χ0) is 6.97. The van der Waals surface area contributed by atoms with E-state index in [-0.39, 0.29) is 0 Å². The zero-order valence-corrected chi connectivity index (χ0v) is 5.67. The van der Waals surface area contributed by atoms with Crippen LogP contribution in [0, 0.1) is 12.3 Å². The van der Waals surface area contributed by atoms with Crippen LogP contribution in [0.1, 0.15) is 17.9 Å². The minimum Gasteiger partial charge on any atom is -0.334 e. The Kier molecular flexibility index (Phi) is 1.04. The summed E-state index contributed by atoms with van der Waals surface area (Å²) in [6.45, 7) is 1.09. The van der Waals surface area contributed by atoms with Crippen molar-refractivity contribution in [3.05, 3.63) is 17.7 Å². The summed E-state index contributed by atoms with van der Waals surface area (Å²) in [5.74, 6) is 3.67. The first-order chi connectivity index (χ1) is 4.90. The topological polar surface area (TPSA) is 17.8 Å². The van der Waals surface area contributed by atoms with Crippen LogP contribution in [0.5, 0.6) is 0 Å². The first kappa shape index (κ1) is 5.55. The van der Waals surface area contributed by atoms with Crippen molar-refractivity contribution in [1.82, 2.24) is 9.55 Å². The quantitative estimate of drug-likeness (QED) is 0.478. The van der Waals surface area contributed by atoms with Crippen LogP contribution < -0.4 is 0 Å². The van der Waals surface area contributed by atoms with E-state index in [1.54, 1.807) is 0 Å². The number of hydrogen-bond donors (Lipinski definition) is 0. The largest absolute Gasteiger partial charge is 0.334 e. The zero-order valence-electron chi connectivity index (χ0n) is 5.67. The van der Waals surface area contributed by atoms with Gasteiger partial charge < -0.3 is 4.57 Å². The summed E-state index contributed by atoms with van der Waals surface area (Å²) in [7, 11) is 0. The van der Waals surface area contributed by atoms with Crippen molar-refractivity contribution in [3.8, 4) is 12.3 Å². The second-order valence-electron chi connectivity index (χ2n) is 2.48. The molecular formula is C8H8N2. The van der Waals surface area contributed by atoms with Crippen molar-refractivity contribution >= 4 is 0 Å². The van der Waals surface area contributed by atoms with Crippen molar-refractivity contribution < 1.29 is 0 Å². The molecule has 0 amide bonds. The van der Waals surface area contributed by atoms with E-state index >= 15 is 0 Å². The fourth-order valence-electron chi connectivity index (χ4n) is 1.32. The Balaban J connectivity index is 2.49. The highest BCUT2D eigenvalue weighted by Gasteiger charge is 2.11. The summed E-state index contributed by atoms with van der Waals surface area (Å²) in [4.78, 5) is 4.24. The molecule has 10 heavy (non-hydrogen) atoms. The SMILES string of the molecule is C#Cc1cn2c(n1)CCC2. The predicted octanol–water partition coefficient (Wildman–Crippen LogP) is 0.811. The first-order valence-corrected chi connectivity index (χ1v) is 3.43. The molecule has 1 aliphatic rings. The molecule has 1 aliphatic heterocycles. The molecule has 0 spiro atoms. The average molecular weight is 132 g/mol. The lowest BCUT2D eigenvalue weighted by molar-refractivity contribution is 0.749. The molecule has 0 aromatic carbocycles. The lowest BCUT2D eigenvalue weighted by Crippen LogP contribution is -1.87. The van der Waals surface area contributed by atoms with Gasteiger partial charge >= 0.3 is 0 Å². The Hall–Kier alpha value is -1.23. The molecule has 0 N–H and O–H groups in total. The third-order valence-corrected chi connectivity index (χ3v) is 1.81. The van der Waals surface area contributed by atoms with Gasteiger partial charge in [-0.05, 0) is 12.3 Å². The fraction of sp³-hybridized carbons (Fsp3) is 0.375. The molecule has 0 saturated carbocycles. The van der Waals surface area contributed by atoms with Crippen molar-refractivity contribution in [2.24, 2.45) is 0 Å². The maximum Gasteiger partial charge on any atom is 0.131 e. The molecule has 2 nitrogen and oxygen atoms in total. The van der Waals surface area contributed by atoms with Gasteiger partial charge in [-0.3, -0.25) is 0 Å². The number of fused-ring (bicyclic) bond motifs is 1. The maximum atomic E-state index is 5.19. The van der Waals surface area contributed by atoms with Gasteiger partial charge in [0.1, 0.15) is 11.5 Å². The third-order valence-electron chi connectivity index (χ3n) is 1.81. The van der Waals surface area contributed by atoms with E-state index in [2.05, 4.69) is 15.5 Å². The Morgan fingerprint density at radius 2 is 2.60 bits per heavy atom. The standard InChI is InChI=1S/C8H8N2/c1-2-7-6-10-5-3-4-8(10)9-7/h1,6H,3-5H2. The van der Waals surface area contributed by atoms with Crippen LogP contribution in [0.2, 0.25) is 0 Å². The predicted molar refractivity (Wildman–Crippen MR) is 38.5 cm³/mol. The van der Waals surface area contributed by atoms with Crippen LogP contribution in [0.4, 0.5) is 0 Å². The minimum atomic E-state index is 0.773. The number of imidazole rings is 1. The third kappa shape index (κ3) is 0.640. The maximum absolute atomic E-state index is 5.19. The molecule has 0 aliphatic carbocycles. The summed E-state index contributed by atoms with van der Waals surface area (Å²) in [5.41, 5.74) is 0.773. The van der Waals surface area contributed by atoms with Crippen LogP contribution in [-0.2, 0) is 13.0 Å². The molecule has 1 aromatic rings. The summed E-state index contributed by atoms with van der Waals surface area (Å²) >= 11 is 0. The highest BCUT2D eigenvalue weighted by atomic mass is 15.1. The summed E-state index contributed by atoms with van der Waals surface area (Å²) in [6, 6.07) is 0. The van der Waals surface area contributed by atoms with Gasteiger partial charge in [0.05, 0.1) is 0 Å². The van der Waals surface area contributed by atoms with Crippen LogP contribution >= 0.6 is 0 Å². The lowest BCUT2D eigenvalue weighted by atomic mass is 10.3. The van der Waals surface area contributed by atoms with Gasteiger partial charge in [0.2, 0.25) is 0 Å². The van der Waals surface area contributed by atoms with Crippen LogP contribution in [0.25, 0.3) is 0 Å². The summed E-state index contributed by atoms with van der Waals surface area (Å²) < 4.78 is 2.13. The van der Waals surface area contributed by atoms with E-state index in [1.165, 1.54) is 6.42 Å². The van der Waals surface area contributed by atoms with Crippen LogP contribution in [0.3, 0.4) is 0 Å². The van der Waals surface area contributed by atoms with Crippen LogP contribution in [-0.4, -0.2) is 9.55 Å². The van der Waals surface area contributed by atoms with E-state index in [0.29, 0.717) is 0 Å². The second kappa shape index (κ2) is 1.88. The number of rotatable bonds is 0. The molecular weight excluding hydrogens is 124 g/mol. The minimum absolute atomic E-state index is 0.773. The second-order valence-corrected chi connectivity index (χ2v) is 2.48. The lowest BCUT2D eigenvalue weighted by Gasteiger charge is -1.88. The number of aromatic nitrogens is 2. The van der Waals surface area contributed by atoms with Gasteiger partial charge in [0, 0.05) is 19.2 Å². The van der Waals surface area contributed by atoms with Gasteiger partial charge in [-0.25, -0.2) is 4.98 Å². The van der Waals surface area contributed by atoms with Gasteiger partial charge in [-0.2, -0.15) is 0 Å². The molecule has 1 aromatic heterocycles. The van der Waals surface area contributed by atoms with Crippen LogP contribution in [0.15, 0.2) is 6.20 Å². The molecule has 0 atom stereocenters. The highest BCUT2D eigenvalue weighted by Crippen LogP contribution is 2.13. The Bertz CT molecular complexity index is 269. The summed E-state index contributed by atoms with van der Waals surface area (Å²) in [5, 5.41) is 0. The molecule has 2 heterocycles. The molecule has 2 heteroatoms. The van der Waals surface area contributed by atoms with Crippen molar-refractivity contribution in [2.75, 3.05) is 0 Å². The number of hydrogen-bond acceptors (Lipinski definition) is 1. The number of terminal acetylenes is 1. The van der Waals surface area contributed by atoms with Crippen molar-refractivity contribution in [1.29, 1.82) is 0 Å². The Morgan fingerprint density at radius 1 is 1.70 bits per heavy atom. The Morgan fingerprint density at radius 3 is 3.30 bits per heavy atom. The average Bonchev–Trinajstić information content (AvgIpc) is 2.42. The van der Waals surface area contributed by atoms with Crippen molar-refractivity contribution in [3.63, 3.8) is 0 Å². The van der Waals surface area contributed by atoms with Gasteiger partial charge in [0.15, 0.2) is 0 Å². The summed E-state index contributed by atoms with van der Waals surface area (Å²) in [6.07, 6.45) is 9.43. The molecule has 0 saturated heterocycles. The van der Waals surface area contributed by atoms with E-state index in [0.717, 1.165) is 24.5 Å². The molecule has 0 radical (unpaired) electrons. The molecule has 0 bridgehead atoms. The van der Waals surface area contributed by atoms with E-state index in [4.69, 9.17) is 6.42 Å². The van der Waals surface area contributed by atoms with Gasteiger partial charge in [-0.1, -0.05) is 0 Å². The Labute approximate surface area is 59.9 Å². The molecule has 2 rings (SSSR count). The highest BCUT2D eigenvalue weighted by molar-refractivity contribution is 5.24. The van der Waals surface area contributed by atoms with E-state index < -0.39 is 0 Å². The molecule has 0 fully saturated rings. The van der Waals surface area contributed by atoms with Crippen molar-refractivity contribution in [2.45, 2.75) is 19.4 Å². The number of nitrogens with zero attached hydrogens (tertiary/aromatic N) is 2. The van der Waals surface area contributed by atoms with Gasteiger partial charge in [0.25, 0.3) is 0 Å². The smallest absolute Gasteiger partial charge is 0.131 e.